The monoisotopic (exact) mass is 332 g/mol. The Hall–Kier alpha value is -1.63. The maximum absolute atomic E-state index is 13.2. The minimum atomic E-state index is -1.10. The molecule has 5 nitrogen and oxygen atoms in total. The van der Waals surface area contributed by atoms with Crippen LogP contribution >= 0.6 is 15.9 Å². The van der Waals surface area contributed by atoms with Gasteiger partial charge in [0.2, 0.25) is 0 Å². The highest BCUT2D eigenvalue weighted by Crippen LogP contribution is 2.24. The summed E-state index contributed by atoms with van der Waals surface area (Å²) >= 11 is 3.03. The summed E-state index contributed by atoms with van der Waals surface area (Å²) in [5.41, 5.74) is 0.966. The molecule has 0 aliphatic heterocycles. The van der Waals surface area contributed by atoms with Crippen LogP contribution in [0.5, 0.6) is 0 Å². The average Bonchev–Trinajstić information content (AvgIpc) is 2.33. The van der Waals surface area contributed by atoms with Crippen molar-refractivity contribution in [2.75, 3.05) is 12.4 Å². The Bertz CT molecular complexity index is 522. The lowest BCUT2D eigenvalue weighted by Crippen LogP contribution is -2.42. The van der Waals surface area contributed by atoms with E-state index < -0.39 is 23.9 Å². The van der Waals surface area contributed by atoms with Gasteiger partial charge in [0.05, 0.1) is 4.47 Å². The number of carboxylic acid groups (broad SMARTS) is 1. The number of aryl methyl sites for hydroxylation is 1. The average molecular weight is 333 g/mol. The number of aliphatic carboxylic acids is 1. The molecular formula is C12H14BrFN2O3. The molecule has 1 unspecified atom stereocenters. The molecule has 7 heteroatoms. The zero-order valence-corrected chi connectivity index (χ0v) is 12.3. The second-order valence-corrected chi connectivity index (χ2v) is 4.99. The highest BCUT2D eigenvalue weighted by atomic mass is 79.9. The second-order valence-electron chi connectivity index (χ2n) is 4.14. The molecule has 0 spiro atoms. The number of carbonyl (C=O) groups excluding carboxylic acids is 1. The van der Waals surface area contributed by atoms with Gasteiger partial charge < -0.3 is 15.3 Å². The van der Waals surface area contributed by atoms with Crippen LogP contribution in [0.4, 0.5) is 14.9 Å². The summed E-state index contributed by atoms with van der Waals surface area (Å²) in [4.78, 5) is 23.7. The van der Waals surface area contributed by atoms with E-state index in [-0.39, 0.29) is 4.47 Å². The molecule has 1 aromatic carbocycles. The lowest BCUT2D eigenvalue weighted by Gasteiger charge is -2.22. The lowest BCUT2D eigenvalue weighted by molar-refractivity contribution is -0.141. The molecule has 1 aromatic rings. The van der Waals surface area contributed by atoms with Crippen molar-refractivity contribution in [3.05, 3.63) is 28.0 Å². The molecule has 1 rings (SSSR count). The molecule has 2 N–H and O–H groups in total. The van der Waals surface area contributed by atoms with Crippen LogP contribution in [0.25, 0.3) is 0 Å². The van der Waals surface area contributed by atoms with Crippen LogP contribution in [0.15, 0.2) is 16.6 Å². The van der Waals surface area contributed by atoms with Crippen molar-refractivity contribution in [3.63, 3.8) is 0 Å². The molecule has 0 bridgehead atoms. The Morgan fingerprint density at radius 3 is 2.58 bits per heavy atom. The quantitative estimate of drug-likeness (QED) is 0.894. The minimum Gasteiger partial charge on any atom is -0.480 e. The van der Waals surface area contributed by atoms with E-state index in [9.17, 15) is 14.0 Å². The molecule has 104 valence electrons. The van der Waals surface area contributed by atoms with Gasteiger partial charge in [0.15, 0.2) is 0 Å². The molecule has 0 aliphatic rings. The number of rotatable bonds is 3. The number of nitrogens with one attached hydrogen (secondary N) is 1. The fourth-order valence-corrected chi connectivity index (χ4v) is 1.67. The van der Waals surface area contributed by atoms with E-state index in [2.05, 4.69) is 21.2 Å². The summed E-state index contributed by atoms with van der Waals surface area (Å²) in [6.07, 6.45) is 0. The first kappa shape index (κ1) is 15.4. The molecule has 0 radical (unpaired) electrons. The Morgan fingerprint density at radius 1 is 1.47 bits per heavy atom. The fourth-order valence-electron chi connectivity index (χ4n) is 1.33. The van der Waals surface area contributed by atoms with E-state index in [4.69, 9.17) is 5.11 Å². The zero-order valence-electron chi connectivity index (χ0n) is 10.7. The third kappa shape index (κ3) is 3.66. The minimum absolute atomic E-state index is 0.224. The van der Waals surface area contributed by atoms with E-state index in [1.165, 1.54) is 26.1 Å². The van der Waals surface area contributed by atoms with E-state index in [0.717, 1.165) is 4.90 Å². The van der Waals surface area contributed by atoms with Gasteiger partial charge in [-0.2, -0.15) is 0 Å². The lowest BCUT2D eigenvalue weighted by atomic mass is 10.2. The van der Waals surface area contributed by atoms with Gasteiger partial charge in [0.1, 0.15) is 11.9 Å². The number of hydrogen-bond donors (Lipinski definition) is 2. The van der Waals surface area contributed by atoms with Crippen molar-refractivity contribution < 1.29 is 19.1 Å². The summed E-state index contributed by atoms with van der Waals surface area (Å²) in [7, 11) is 1.38. The molecular weight excluding hydrogens is 319 g/mol. The fraction of sp³-hybridized carbons (Fsp3) is 0.333. The van der Waals surface area contributed by atoms with Crippen molar-refractivity contribution in [1.82, 2.24) is 4.90 Å². The number of amides is 2. The smallest absolute Gasteiger partial charge is 0.326 e. The number of halogens is 2. The maximum atomic E-state index is 13.2. The molecule has 0 aromatic heterocycles. The number of benzene rings is 1. The standard InChI is InChI=1S/C12H14BrFN2O3/c1-6-4-9(14)8(13)5-10(6)15-12(19)16(3)7(2)11(17)18/h4-5,7H,1-3H3,(H,15,19)(H,17,18). The zero-order chi connectivity index (χ0) is 14.7. The highest BCUT2D eigenvalue weighted by Gasteiger charge is 2.22. The van der Waals surface area contributed by atoms with Gasteiger partial charge in [0.25, 0.3) is 0 Å². The Morgan fingerprint density at radius 2 is 2.05 bits per heavy atom. The van der Waals surface area contributed by atoms with Crippen LogP contribution in [0.2, 0.25) is 0 Å². The molecule has 1 atom stereocenters. The van der Waals surface area contributed by atoms with Gasteiger partial charge in [0, 0.05) is 12.7 Å². The summed E-state index contributed by atoms with van der Waals surface area (Å²) in [6.45, 7) is 3.04. The molecule has 0 saturated carbocycles. The van der Waals surface area contributed by atoms with Crippen molar-refractivity contribution in [1.29, 1.82) is 0 Å². The number of urea groups is 1. The number of hydrogen-bond acceptors (Lipinski definition) is 2. The SMILES string of the molecule is Cc1cc(F)c(Br)cc1NC(=O)N(C)C(C)C(=O)O. The number of nitrogens with zero attached hydrogens (tertiary/aromatic N) is 1. The first-order chi connectivity index (χ1) is 8.73. The third-order valence-corrected chi connectivity index (χ3v) is 3.38. The van der Waals surface area contributed by atoms with Crippen LogP contribution in [-0.2, 0) is 4.79 Å². The summed E-state index contributed by atoms with van der Waals surface area (Å²) in [6, 6.07) is 1.18. The second kappa shape index (κ2) is 6.01. The molecule has 0 saturated heterocycles. The Balaban J connectivity index is 2.88. The van der Waals surface area contributed by atoms with Crippen LogP contribution in [0, 0.1) is 12.7 Å². The van der Waals surface area contributed by atoms with Crippen LogP contribution in [0.3, 0.4) is 0 Å². The first-order valence-electron chi connectivity index (χ1n) is 5.46. The van der Waals surface area contributed by atoms with E-state index in [1.54, 1.807) is 6.92 Å². The third-order valence-electron chi connectivity index (χ3n) is 2.77. The summed E-state index contributed by atoms with van der Waals surface area (Å²) in [5.74, 6) is -1.53. The van der Waals surface area contributed by atoms with Gasteiger partial charge in [-0.3, -0.25) is 0 Å². The van der Waals surface area contributed by atoms with Crippen molar-refractivity contribution in [3.8, 4) is 0 Å². The van der Waals surface area contributed by atoms with Crippen molar-refractivity contribution in [2.45, 2.75) is 19.9 Å². The molecule has 0 aliphatic carbocycles. The molecule has 0 heterocycles. The summed E-state index contributed by atoms with van der Waals surface area (Å²) in [5, 5.41) is 11.4. The predicted molar refractivity (Wildman–Crippen MR) is 72.7 cm³/mol. The largest absolute Gasteiger partial charge is 0.480 e. The molecule has 2 amide bonds. The highest BCUT2D eigenvalue weighted by molar-refractivity contribution is 9.10. The van der Waals surface area contributed by atoms with Crippen LogP contribution in [0.1, 0.15) is 12.5 Å². The number of carbonyl (C=O) groups is 2. The topological polar surface area (TPSA) is 69.6 Å². The van der Waals surface area contributed by atoms with Gasteiger partial charge in [-0.25, -0.2) is 14.0 Å². The maximum Gasteiger partial charge on any atom is 0.326 e. The van der Waals surface area contributed by atoms with Crippen molar-refractivity contribution in [2.24, 2.45) is 0 Å². The van der Waals surface area contributed by atoms with E-state index in [0.29, 0.717) is 11.3 Å². The first-order valence-corrected chi connectivity index (χ1v) is 6.25. The molecule has 19 heavy (non-hydrogen) atoms. The van der Waals surface area contributed by atoms with Crippen LogP contribution < -0.4 is 5.32 Å². The van der Waals surface area contributed by atoms with Crippen LogP contribution in [-0.4, -0.2) is 35.1 Å². The summed E-state index contributed by atoms with van der Waals surface area (Å²) < 4.78 is 13.5. The van der Waals surface area contributed by atoms with Gasteiger partial charge in [-0.05, 0) is 47.5 Å². The van der Waals surface area contributed by atoms with E-state index in [1.807, 2.05) is 0 Å². The molecule has 0 fully saturated rings. The van der Waals surface area contributed by atoms with Gasteiger partial charge >= 0.3 is 12.0 Å². The number of likely N-dealkylation sites (N-methyl/N-ethyl adjacent to an activating group) is 1. The van der Waals surface area contributed by atoms with Gasteiger partial charge in [-0.1, -0.05) is 0 Å². The number of carboxylic acids is 1. The number of anilines is 1. The normalized spacial score (nSPS) is 11.8. The predicted octanol–water partition coefficient (Wildman–Crippen LogP) is 2.83. The Kier molecular flexibility index (Phi) is 4.88. The van der Waals surface area contributed by atoms with Crippen molar-refractivity contribution >= 4 is 33.6 Å². The Labute approximate surface area is 118 Å². The van der Waals surface area contributed by atoms with Gasteiger partial charge in [-0.15, -0.1) is 0 Å². The van der Waals surface area contributed by atoms with E-state index >= 15 is 0 Å².